The summed E-state index contributed by atoms with van der Waals surface area (Å²) in [6, 6.07) is 17.7. The van der Waals surface area contributed by atoms with Crippen molar-refractivity contribution in [3.8, 4) is 11.4 Å². The third-order valence-corrected chi connectivity index (χ3v) is 6.93. The van der Waals surface area contributed by atoms with E-state index in [0.717, 1.165) is 52.9 Å². The number of aromatic nitrogens is 3. The highest BCUT2D eigenvalue weighted by molar-refractivity contribution is 7.18. The van der Waals surface area contributed by atoms with Crippen molar-refractivity contribution >= 4 is 27.5 Å². The minimum absolute atomic E-state index is 0.0136. The van der Waals surface area contributed by atoms with Gasteiger partial charge in [-0.15, -0.1) is 11.3 Å². The average Bonchev–Trinajstić information content (AvgIpc) is 3.45. The molecule has 2 aromatic carbocycles. The Balaban J connectivity index is 1.30. The number of benzene rings is 2. The first-order valence-electron chi connectivity index (χ1n) is 10.6. The average molecular weight is 434 g/mol. The number of carbonyl (C=O) groups is 1. The molecule has 1 aliphatic rings. The lowest BCUT2D eigenvalue weighted by atomic mass is 9.72. The molecule has 0 N–H and O–H groups in total. The normalized spacial score (nSPS) is 15.7. The van der Waals surface area contributed by atoms with Gasteiger partial charge in [0.1, 0.15) is 0 Å². The Kier molecular flexibility index (Phi) is 5.51. The molecule has 2 aromatic heterocycles. The fraction of sp³-hybridized carbons (Fsp3) is 0.333. The Labute approximate surface area is 184 Å². The summed E-state index contributed by atoms with van der Waals surface area (Å²) in [7, 11) is 0. The van der Waals surface area contributed by atoms with Crippen LogP contribution in [0.1, 0.15) is 43.0 Å². The van der Waals surface area contributed by atoms with Crippen molar-refractivity contribution in [3.63, 3.8) is 0 Å². The van der Waals surface area contributed by atoms with Gasteiger partial charge in [-0.05, 0) is 25.0 Å². The van der Waals surface area contributed by atoms with Crippen molar-refractivity contribution < 1.29 is 14.1 Å². The van der Waals surface area contributed by atoms with E-state index in [0.29, 0.717) is 18.1 Å². The molecule has 0 unspecified atom stereocenters. The first-order chi connectivity index (χ1) is 15.2. The predicted molar refractivity (Wildman–Crippen MR) is 118 cm³/mol. The monoisotopic (exact) mass is 433 g/mol. The first kappa shape index (κ1) is 19.9. The molecule has 5 rings (SSSR count). The van der Waals surface area contributed by atoms with E-state index in [1.54, 1.807) is 11.3 Å². The maximum Gasteiger partial charge on any atom is 0.313 e. The summed E-state index contributed by atoms with van der Waals surface area (Å²) in [5.74, 6) is 0.609. The van der Waals surface area contributed by atoms with E-state index in [1.807, 2.05) is 48.5 Å². The smallest absolute Gasteiger partial charge is 0.313 e. The van der Waals surface area contributed by atoms with Gasteiger partial charge in [-0.1, -0.05) is 66.9 Å². The highest BCUT2D eigenvalue weighted by Crippen LogP contribution is 2.42. The van der Waals surface area contributed by atoms with E-state index >= 15 is 0 Å². The van der Waals surface area contributed by atoms with Crippen molar-refractivity contribution in [1.29, 1.82) is 0 Å². The maximum absolute atomic E-state index is 13.3. The fourth-order valence-electron chi connectivity index (χ4n) is 4.26. The largest absolute Gasteiger partial charge is 0.455 e. The lowest BCUT2D eigenvalue weighted by Crippen LogP contribution is -2.37. The number of fused-ring (bicyclic) bond motifs is 1. The number of hydrogen-bond acceptors (Lipinski definition) is 7. The molecule has 158 valence electrons. The van der Waals surface area contributed by atoms with E-state index in [4.69, 9.17) is 14.2 Å². The summed E-state index contributed by atoms with van der Waals surface area (Å²) in [6.07, 6.45) is 5.46. The number of rotatable bonds is 6. The SMILES string of the molecule is O=C(OCc1nc(-c2ccccc2)no1)C1(Cc2nc3ccccc3s2)CCCCC1. The molecule has 4 aromatic rings. The molecule has 0 spiro atoms. The van der Waals surface area contributed by atoms with E-state index < -0.39 is 5.41 Å². The lowest BCUT2D eigenvalue weighted by Gasteiger charge is -2.34. The molecule has 0 saturated heterocycles. The van der Waals surface area contributed by atoms with Gasteiger partial charge in [0.15, 0.2) is 6.61 Å². The molecular formula is C24H23N3O3S. The van der Waals surface area contributed by atoms with Crippen LogP contribution in [-0.2, 0) is 22.6 Å². The van der Waals surface area contributed by atoms with Gasteiger partial charge in [-0.3, -0.25) is 4.79 Å². The van der Waals surface area contributed by atoms with Crippen molar-refractivity contribution in [2.45, 2.75) is 45.1 Å². The highest BCUT2D eigenvalue weighted by Gasteiger charge is 2.42. The Morgan fingerprint density at radius 3 is 2.58 bits per heavy atom. The Morgan fingerprint density at radius 2 is 1.77 bits per heavy atom. The third kappa shape index (κ3) is 4.23. The summed E-state index contributed by atoms with van der Waals surface area (Å²) in [5, 5.41) is 4.99. The standard InChI is InChI=1S/C24H23N3O3S/c28-23(29-16-20-26-22(27-30-20)17-9-3-1-4-10-17)24(13-7-2-8-14-24)15-21-25-18-11-5-6-12-19(18)31-21/h1,3-6,9-12H,2,7-8,13-16H2. The second-order valence-electron chi connectivity index (χ2n) is 8.05. The van der Waals surface area contributed by atoms with Crippen LogP contribution in [0.25, 0.3) is 21.6 Å². The molecule has 7 heteroatoms. The number of hydrogen-bond donors (Lipinski definition) is 0. The summed E-state index contributed by atoms with van der Waals surface area (Å²) < 4.78 is 12.2. The van der Waals surface area contributed by atoms with Gasteiger partial charge in [-0.25, -0.2) is 4.98 Å². The Morgan fingerprint density at radius 1 is 1.00 bits per heavy atom. The number of carbonyl (C=O) groups excluding carboxylic acids is 1. The lowest BCUT2D eigenvalue weighted by molar-refractivity contribution is -0.160. The molecule has 2 heterocycles. The van der Waals surface area contributed by atoms with Crippen LogP contribution in [0.3, 0.4) is 0 Å². The van der Waals surface area contributed by atoms with E-state index in [1.165, 1.54) is 0 Å². The predicted octanol–water partition coefficient (Wildman–Crippen LogP) is 5.58. The molecule has 0 aliphatic heterocycles. The van der Waals surface area contributed by atoms with E-state index in [2.05, 4.69) is 16.2 Å². The van der Waals surface area contributed by atoms with Gasteiger partial charge in [-0.2, -0.15) is 4.98 Å². The molecule has 31 heavy (non-hydrogen) atoms. The second kappa shape index (κ2) is 8.59. The first-order valence-corrected chi connectivity index (χ1v) is 11.4. The molecule has 0 bridgehead atoms. The molecule has 0 radical (unpaired) electrons. The number of nitrogens with zero attached hydrogens (tertiary/aromatic N) is 3. The molecule has 0 amide bonds. The minimum Gasteiger partial charge on any atom is -0.455 e. The summed E-state index contributed by atoms with van der Waals surface area (Å²) in [4.78, 5) is 22.4. The summed E-state index contributed by atoms with van der Waals surface area (Å²) >= 11 is 1.66. The number of esters is 1. The molecule has 1 saturated carbocycles. The Bertz CT molecular complexity index is 1150. The zero-order valence-corrected chi connectivity index (χ0v) is 17.9. The molecule has 1 aliphatic carbocycles. The van der Waals surface area contributed by atoms with Gasteiger partial charge >= 0.3 is 5.97 Å². The van der Waals surface area contributed by atoms with Crippen LogP contribution in [0.4, 0.5) is 0 Å². The third-order valence-electron chi connectivity index (χ3n) is 5.90. The number of thiazole rings is 1. The minimum atomic E-state index is -0.533. The van der Waals surface area contributed by atoms with Crippen molar-refractivity contribution in [3.05, 3.63) is 65.5 Å². The van der Waals surface area contributed by atoms with Crippen LogP contribution in [0.15, 0.2) is 59.1 Å². The Hall–Kier alpha value is -3.06. The van der Waals surface area contributed by atoms with Crippen molar-refractivity contribution in [2.24, 2.45) is 5.41 Å². The van der Waals surface area contributed by atoms with Gasteiger partial charge in [0.25, 0.3) is 5.89 Å². The van der Waals surface area contributed by atoms with Crippen molar-refractivity contribution in [1.82, 2.24) is 15.1 Å². The highest BCUT2D eigenvalue weighted by atomic mass is 32.1. The zero-order valence-electron chi connectivity index (χ0n) is 17.1. The second-order valence-corrected chi connectivity index (χ2v) is 9.16. The molecule has 6 nitrogen and oxygen atoms in total. The topological polar surface area (TPSA) is 78.1 Å². The van der Waals surface area contributed by atoms with Gasteiger partial charge in [0.2, 0.25) is 5.82 Å². The quantitative estimate of drug-likeness (QED) is 0.369. The van der Waals surface area contributed by atoms with Gasteiger partial charge in [0.05, 0.1) is 20.6 Å². The number of para-hydroxylation sites is 1. The van der Waals surface area contributed by atoms with Gasteiger partial charge < -0.3 is 9.26 Å². The zero-order chi connectivity index (χ0) is 21.1. The van der Waals surface area contributed by atoms with Crippen LogP contribution in [0.2, 0.25) is 0 Å². The van der Waals surface area contributed by atoms with E-state index in [-0.39, 0.29) is 12.6 Å². The maximum atomic E-state index is 13.3. The van der Waals surface area contributed by atoms with Crippen molar-refractivity contribution in [2.75, 3.05) is 0 Å². The van der Waals surface area contributed by atoms with Crippen LogP contribution < -0.4 is 0 Å². The van der Waals surface area contributed by atoms with Crippen LogP contribution in [0.5, 0.6) is 0 Å². The fourth-order valence-corrected chi connectivity index (χ4v) is 5.38. The summed E-state index contributed by atoms with van der Waals surface area (Å²) in [6.45, 7) is -0.0136. The number of ether oxygens (including phenoxy) is 1. The molecule has 1 fully saturated rings. The van der Waals surface area contributed by atoms with Crippen LogP contribution in [-0.4, -0.2) is 21.1 Å². The molecule has 0 atom stereocenters. The van der Waals surface area contributed by atoms with Crippen LogP contribution >= 0.6 is 11.3 Å². The van der Waals surface area contributed by atoms with Gasteiger partial charge in [0, 0.05) is 12.0 Å². The summed E-state index contributed by atoms with van der Waals surface area (Å²) in [5.41, 5.74) is 1.32. The molecular weight excluding hydrogens is 410 g/mol. The van der Waals surface area contributed by atoms with E-state index in [9.17, 15) is 4.79 Å². The van der Waals surface area contributed by atoms with Crippen LogP contribution in [0, 0.1) is 5.41 Å².